The lowest BCUT2D eigenvalue weighted by Gasteiger charge is -2.17. The van der Waals surface area contributed by atoms with Crippen LogP contribution in [0.3, 0.4) is 0 Å². The molecule has 1 aromatic carbocycles. The second kappa shape index (κ2) is 7.24. The molecule has 1 heterocycles. The van der Waals surface area contributed by atoms with Crippen molar-refractivity contribution >= 4 is 15.7 Å². The first-order valence-corrected chi connectivity index (χ1v) is 9.63. The van der Waals surface area contributed by atoms with Crippen LogP contribution in [0.1, 0.15) is 23.5 Å². The normalized spacial score (nSPS) is 19.3. The molecule has 1 saturated heterocycles. The molecule has 1 amide bonds. The SMILES string of the molecule is Cc1ccccc1[C@H]1CCN(CCNC(=O)CS(C)(=O)=O)C1. The summed E-state index contributed by atoms with van der Waals surface area (Å²) in [7, 11) is -3.25. The Labute approximate surface area is 132 Å². The Morgan fingerprint density at radius 3 is 2.77 bits per heavy atom. The minimum absolute atomic E-state index is 0.419. The van der Waals surface area contributed by atoms with E-state index in [0.717, 1.165) is 32.3 Å². The van der Waals surface area contributed by atoms with E-state index >= 15 is 0 Å². The number of likely N-dealkylation sites (tertiary alicyclic amines) is 1. The summed E-state index contributed by atoms with van der Waals surface area (Å²) in [6, 6.07) is 8.47. The Morgan fingerprint density at radius 2 is 2.09 bits per heavy atom. The lowest BCUT2D eigenvalue weighted by molar-refractivity contribution is -0.118. The molecule has 0 unspecified atom stereocenters. The fourth-order valence-corrected chi connectivity index (χ4v) is 3.56. The van der Waals surface area contributed by atoms with Crippen LogP contribution in [0.2, 0.25) is 0 Å². The predicted octanol–water partition coefficient (Wildman–Crippen LogP) is 0.945. The number of amides is 1. The number of benzene rings is 1. The Kier molecular flexibility index (Phi) is 5.58. The second-order valence-electron chi connectivity index (χ2n) is 6.06. The molecule has 0 radical (unpaired) electrons. The number of rotatable bonds is 6. The number of hydrogen-bond acceptors (Lipinski definition) is 4. The molecule has 0 spiro atoms. The molecule has 1 aromatic rings. The van der Waals surface area contributed by atoms with E-state index in [2.05, 4.69) is 41.4 Å². The maximum Gasteiger partial charge on any atom is 0.235 e. The Morgan fingerprint density at radius 1 is 1.36 bits per heavy atom. The number of nitrogens with one attached hydrogen (secondary N) is 1. The van der Waals surface area contributed by atoms with Crippen LogP contribution in [0, 0.1) is 6.92 Å². The Hall–Kier alpha value is -1.40. The van der Waals surface area contributed by atoms with Crippen molar-refractivity contribution in [1.29, 1.82) is 0 Å². The summed E-state index contributed by atoms with van der Waals surface area (Å²) < 4.78 is 22.0. The lowest BCUT2D eigenvalue weighted by atomic mass is 9.94. The number of nitrogens with zero attached hydrogens (tertiary/aromatic N) is 1. The van der Waals surface area contributed by atoms with Gasteiger partial charge in [0.05, 0.1) is 0 Å². The molecule has 0 aromatic heterocycles. The maximum absolute atomic E-state index is 11.5. The van der Waals surface area contributed by atoms with Gasteiger partial charge in [0.25, 0.3) is 0 Å². The van der Waals surface area contributed by atoms with E-state index in [0.29, 0.717) is 12.5 Å². The molecule has 1 aliphatic heterocycles. The van der Waals surface area contributed by atoms with E-state index in [1.165, 1.54) is 11.1 Å². The van der Waals surface area contributed by atoms with E-state index in [1.807, 2.05) is 0 Å². The summed E-state index contributed by atoms with van der Waals surface area (Å²) in [5.41, 5.74) is 2.74. The summed E-state index contributed by atoms with van der Waals surface area (Å²) in [5, 5.41) is 2.67. The van der Waals surface area contributed by atoms with Crippen LogP contribution in [-0.2, 0) is 14.6 Å². The average molecular weight is 324 g/mol. The highest BCUT2D eigenvalue weighted by molar-refractivity contribution is 7.91. The molecule has 1 atom stereocenters. The average Bonchev–Trinajstić information content (AvgIpc) is 2.85. The van der Waals surface area contributed by atoms with E-state index in [9.17, 15) is 13.2 Å². The monoisotopic (exact) mass is 324 g/mol. The molecule has 5 nitrogen and oxygen atoms in total. The fourth-order valence-electron chi connectivity index (χ4n) is 2.98. The van der Waals surface area contributed by atoms with Gasteiger partial charge in [-0.1, -0.05) is 24.3 Å². The van der Waals surface area contributed by atoms with Crippen molar-refractivity contribution in [3.63, 3.8) is 0 Å². The van der Waals surface area contributed by atoms with Crippen molar-refractivity contribution in [2.75, 3.05) is 38.2 Å². The zero-order valence-corrected chi connectivity index (χ0v) is 14.0. The largest absolute Gasteiger partial charge is 0.354 e. The van der Waals surface area contributed by atoms with Gasteiger partial charge < -0.3 is 10.2 Å². The standard InChI is InChI=1S/C16H24N2O3S/c1-13-5-3-4-6-15(13)14-7-9-18(11-14)10-8-17-16(19)12-22(2,20)21/h3-6,14H,7-12H2,1-2H3,(H,17,19)/t14-/m0/s1. The third kappa shape index (κ3) is 5.10. The Balaban J connectivity index is 1.75. The quantitative estimate of drug-likeness (QED) is 0.846. The van der Waals surface area contributed by atoms with Gasteiger partial charge in [0, 0.05) is 25.9 Å². The van der Waals surface area contributed by atoms with Gasteiger partial charge in [0.1, 0.15) is 5.75 Å². The smallest absolute Gasteiger partial charge is 0.235 e. The molecule has 1 aliphatic rings. The highest BCUT2D eigenvalue weighted by Crippen LogP contribution is 2.28. The number of aryl methyl sites for hydroxylation is 1. The maximum atomic E-state index is 11.5. The molecule has 1 fully saturated rings. The van der Waals surface area contributed by atoms with Crippen molar-refractivity contribution < 1.29 is 13.2 Å². The molecule has 122 valence electrons. The topological polar surface area (TPSA) is 66.5 Å². The Bertz CT molecular complexity index is 628. The summed E-state index contributed by atoms with van der Waals surface area (Å²) in [6.07, 6.45) is 2.20. The van der Waals surface area contributed by atoms with Crippen molar-refractivity contribution in [2.45, 2.75) is 19.3 Å². The first kappa shape index (κ1) is 17.0. The van der Waals surface area contributed by atoms with Crippen molar-refractivity contribution in [3.05, 3.63) is 35.4 Å². The molecule has 6 heteroatoms. The van der Waals surface area contributed by atoms with Gasteiger partial charge in [-0.3, -0.25) is 4.79 Å². The van der Waals surface area contributed by atoms with Crippen LogP contribution >= 0.6 is 0 Å². The van der Waals surface area contributed by atoms with Gasteiger partial charge in [0.15, 0.2) is 9.84 Å². The van der Waals surface area contributed by atoms with Gasteiger partial charge in [-0.25, -0.2) is 8.42 Å². The predicted molar refractivity (Wildman–Crippen MR) is 87.7 cm³/mol. The molecule has 0 aliphatic carbocycles. The minimum Gasteiger partial charge on any atom is -0.354 e. The first-order chi connectivity index (χ1) is 10.3. The second-order valence-corrected chi connectivity index (χ2v) is 8.20. The van der Waals surface area contributed by atoms with Gasteiger partial charge in [0.2, 0.25) is 5.91 Å². The fraction of sp³-hybridized carbons (Fsp3) is 0.562. The van der Waals surface area contributed by atoms with Gasteiger partial charge >= 0.3 is 0 Å². The molecule has 1 N–H and O–H groups in total. The third-order valence-corrected chi connectivity index (χ3v) is 4.83. The molecular formula is C16H24N2O3S. The number of carbonyl (C=O) groups excluding carboxylic acids is 1. The van der Waals surface area contributed by atoms with E-state index in [-0.39, 0.29) is 0 Å². The van der Waals surface area contributed by atoms with Crippen molar-refractivity contribution in [1.82, 2.24) is 10.2 Å². The molecule has 2 rings (SSSR count). The third-order valence-electron chi connectivity index (χ3n) is 4.04. The summed E-state index contributed by atoms with van der Waals surface area (Å²) >= 11 is 0. The van der Waals surface area contributed by atoms with Crippen LogP contribution in [0.25, 0.3) is 0 Å². The minimum atomic E-state index is -3.25. The number of carbonyl (C=O) groups is 1. The molecule has 0 saturated carbocycles. The molecule has 0 bridgehead atoms. The summed E-state index contributed by atoms with van der Waals surface area (Å²) in [6.45, 7) is 5.41. The van der Waals surface area contributed by atoms with Crippen LogP contribution in [0.5, 0.6) is 0 Å². The van der Waals surface area contributed by atoms with Crippen molar-refractivity contribution in [2.24, 2.45) is 0 Å². The highest BCUT2D eigenvalue weighted by atomic mass is 32.2. The van der Waals surface area contributed by atoms with Crippen LogP contribution < -0.4 is 5.32 Å². The van der Waals surface area contributed by atoms with E-state index < -0.39 is 21.5 Å². The van der Waals surface area contributed by atoms with Crippen LogP contribution in [0.15, 0.2) is 24.3 Å². The van der Waals surface area contributed by atoms with Gasteiger partial charge in [-0.05, 0) is 36.9 Å². The van der Waals surface area contributed by atoms with Crippen molar-refractivity contribution in [3.8, 4) is 0 Å². The van der Waals surface area contributed by atoms with E-state index in [4.69, 9.17) is 0 Å². The number of sulfone groups is 1. The lowest BCUT2D eigenvalue weighted by Crippen LogP contribution is -2.36. The highest BCUT2D eigenvalue weighted by Gasteiger charge is 2.24. The summed E-state index contributed by atoms with van der Waals surface area (Å²) in [5.74, 6) is -0.302. The zero-order chi connectivity index (χ0) is 16.2. The van der Waals surface area contributed by atoms with Gasteiger partial charge in [-0.2, -0.15) is 0 Å². The van der Waals surface area contributed by atoms with Crippen LogP contribution in [0.4, 0.5) is 0 Å². The molecular weight excluding hydrogens is 300 g/mol. The first-order valence-electron chi connectivity index (χ1n) is 7.57. The van der Waals surface area contributed by atoms with Crippen LogP contribution in [-0.4, -0.2) is 57.4 Å². The molecule has 22 heavy (non-hydrogen) atoms. The zero-order valence-electron chi connectivity index (χ0n) is 13.2. The summed E-state index contributed by atoms with van der Waals surface area (Å²) in [4.78, 5) is 13.8. The van der Waals surface area contributed by atoms with Gasteiger partial charge in [-0.15, -0.1) is 0 Å². The number of hydrogen-bond donors (Lipinski definition) is 1. The van der Waals surface area contributed by atoms with E-state index in [1.54, 1.807) is 0 Å².